The standard InChI is InChI=1S/C16H19N3O2/c17-5-8-19-6-3-15(4-7-19)18-16(20)12-1-2-13-10-21-11-14(13)9-12/h1-2,9,15H,3-4,6-8,10-11H2,(H,18,20). The summed E-state index contributed by atoms with van der Waals surface area (Å²) in [6.07, 6.45) is 1.81. The number of hydrogen-bond donors (Lipinski definition) is 1. The molecule has 0 radical (unpaired) electrons. The monoisotopic (exact) mass is 285 g/mol. The van der Waals surface area contributed by atoms with E-state index in [1.165, 1.54) is 5.56 Å². The first-order valence-corrected chi connectivity index (χ1v) is 7.36. The number of amides is 1. The summed E-state index contributed by atoms with van der Waals surface area (Å²) in [6, 6.07) is 8.16. The Morgan fingerprint density at radius 2 is 2.10 bits per heavy atom. The number of piperidine rings is 1. The van der Waals surface area contributed by atoms with Crippen LogP contribution in [0.5, 0.6) is 0 Å². The summed E-state index contributed by atoms with van der Waals surface area (Å²) >= 11 is 0. The maximum atomic E-state index is 12.3. The molecular formula is C16H19N3O2. The third-order valence-electron chi connectivity index (χ3n) is 4.20. The van der Waals surface area contributed by atoms with Crippen molar-refractivity contribution in [3.63, 3.8) is 0 Å². The average molecular weight is 285 g/mol. The zero-order valence-electron chi connectivity index (χ0n) is 12.0. The van der Waals surface area contributed by atoms with E-state index in [-0.39, 0.29) is 11.9 Å². The Bertz CT molecular complexity index is 571. The zero-order chi connectivity index (χ0) is 14.7. The van der Waals surface area contributed by atoms with E-state index in [0.717, 1.165) is 31.5 Å². The molecule has 3 rings (SSSR count). The summed E-state index contributed by atoms with van der Waals surface area (Å²) in [5, 5.41) is 11.8. The number of carbonyl (C=O) groups is 1. The predicted octanol–water partition coefficient (Wildman–Crippen LogP) is 1.43. The average Bonchev–Trinajstić information content (AvgIpc) is 2.97. The quantitative estimate of drug-likeness (QED) is 0.853. The van der Waals surface area contributed by atoms with Crippen LogP contribution in [0.4, 0.5) is 0 Å². The van der Waals surface area contributed by atoms with Gasteiger partial charge < -0.3 is 10.1 Å². The van der Waals surface area contributed by atoms with Crippen LogP contribution in [-0.2, 0) is 18.0 Å². The van der Waals surface area contributed by atoms with E-state index in [9.17, 15) is 4.79 Å². The number of hydrogen-bond acceptors (Lipinski definition) is 4. The second-order valence-electron chi connectivity index (χ2n) is 5.66. The van der Waals surface area contributed by atoms with Crippen LogP contribution in [0.3, 0.4) is 0 Å². The molecule has 21 heavy (non-hydrogen) atoms. The third kappa shape index (κ3) is 3.23. The number of fused-ring (bicyclic) bond motifs is 1. The van der Waals surface area contributed by atoms with Crippen molar-refractivity contribution in [3.8, 4) is 6.07 Å². The van der Waals surface area contributed by atoms with Gasteiger partial charge in [0.1, 0.15) is 0 Å². The van der Waals surface area contributed by atoms with Gasteiger partial charge in [-0.1, -0.05) is 6.07 Å². The molecule has 0 saturated carbocycles. The normalized spacial score (nSPS) is 19.0. The van der Waals surface area contributed by atoms with Crippen molar-refractivity contribution >= 4 is 5.91 Å². The minimum atomic E-state index is -0.0107. The number of benzene rings is 1. The van der Waals surface area contributed by atoms with E-state index in [1.54, 1.807) is 0 Å². The van der Waals surface area contributed by atoms with E-state index >= 15 is 0 Å². The van der Waals surface area contributed by atoms with E-state index < -0.39 is 0 Å². The summed E-state index contributed by atoms with van der Waals surface area (Å²) in [7, 11) is 0. The van der Waals surface area contributed by atoms with Crippen LogP contribution >= 0.6 is 0 Å². The van der Waals surface area contributed by atoms with Gasteiger partial charge in [0.25, 0.3) is 5.91 Å². The van der Waals surface area contributed by atoms with Crippen molar-refractivity contribution in [3.05, 3.63) is 34.9 Å². The lowest BCUT2D eigenvalue weighted by Crippen LogP contribution is -2.44. The molecule has 0 atom stereocenters. The van der Waals surface area contributed by atoms with Crippen LogP contribution in [0.15, 0.2) is 18.2 Å². The molecule has 1 fully saturated rings. The van der Waals surface area contributed by atoms with E-state index in [0.29, 0.717) is 25.3 Å². The first-order chi connectivity index (χ1) is 10.3. The highest BCUT2D eigenvalue weighted by molar-refractivity contribution is 5.94. The Balaban J connectivity index is 1.56. The van der Waals surface area contributed by atoms with Crippen molar-refractivity contribution in [2.75, 3.05) is 19.6 Å². The van der Waals surface area contributed by atoms with Crippen LogP contribution in [0.1, 0.15) is 34.3 Å². The number of rotatable bonds is 3. The summed E-state index contributed by atoms with van der Waals surface area (Å²) in [5.74, 6) is -0.0107. The minimum Gasteiger partial charge on any atom is -0.372 e. The molecule has 1 saturated heterocycles. The lowest BCUT2D eigenvalue weighted by Gasteiger charge is -2.30. The summed E-state index contributed by atoms with van der Waals surface area (Å²) in [6.45, 7) is 3.47. The molecule has 2 heterocycles. The molecule has 5 nitrogen and oxygen atoms in total. The highest BCUT2D eigenvalue weighted by Gasteiger charge is 2.21. The SMILES string of the molecule is N#CCN1CCC(NC(=O)c2ccc3c(c2)COC3)CC1. The smallest absolute Gasteiger partial charge is 0.251 e. The van der Waals surface area contributed by atoms with Gasteiger partial charge in [-0.2, -0.15) is 5.26 Å². The van der Waals surface area contributed by atoms with Crippen LogP contribution in [0.2, 0.25) is 0 Å². The van der Waals surface area contributed by atoms with Gasteiger partial charge in [-0.05, 0) is 36.1 Å². The van der Waals surface area contributed by atoms with Gasteiger partial charge >= 0.3 is 0 Å². The molecule has 110 valence electrons. The lowest BCUT2D eigenvalue weighted by molar-refractivity contribution is 0.0914. The molecule has 2 aliphatic rings. The summed E-state index contributed by atoms with van der Waals surface area (Å²) in [5.41, 5.74) is 3.00. The Morgan fingerprint density at radius 3 is 2.86 bits per heavy atom. The molecule has 0 spiro atoms. The Kier molecular flexibility index (Phi) is 4.18. The van der Waals surface area contributed by atoms with Crippen LogP contribution in [0.25, 0.3) is 0 Å². The van der Waals surface area contributed by atoms with Gasteiger partial charge in [-0.25, -0.2) is 0 Å². The first kappa shape index (κ1) is 14.1. The number of nitriles is 1. The Morgan fingerprint density at radius 1 is 1.33 bits per heavy atom. The molecule has 0 unspecified atom stereocenters. The van der Waals surface area contributed by atoms with Gasteiger partial charge in [0.2, 0.25) is 0 Å². The van der Waals surface area contributed by atoms with Gasteiger partial charge in [-0.3, -0.25) is 9.69 Å². The fraction of sp³-hybridized carbons (Fsp3) is 0.500. The van der Waals surface area contributed by atoms with Gasteiger partial charge in [0.15, 0.2) is 0 Å². The molecule has 1 amide bonds. The van der Waals surface area contributed by atoms with Crippen molar-refractivity contribution in [2.24, 2.45) is 0 Å². The van der Waals surface area contributed by atoms with E-state index in [1.807, 2.05) is 18.2 Å². The maximum Gasteiger partial charge on any atom is 0.251 e. The number of likely N-dealkylation sites (tertiary alicyclic amines) is 1. The van der Waals surface area contributed by atoms with Gasteiger partial charge in [0, 0.05) is 24.7 Å². The van der Waals surface area contributed by atoms with Crippen molar-refractivity contribution in [1.82, 2.24) is 10.2 Å². The van der Waals surface area contributed by atoms with E-state index in [2.05, 4.69) is 16.3 Å². The second kappa shape index (κ2) is 6.25. The molecular weight excluding hydrogens is 266 g/mol. The largest absolute Gasteiger partial charge is 0.372 e. The van der Waals surface area contributed by atoms with Crippen molar-refractivity contribution in [2.45, 2.75) is 32.1 Å². The van der Waals surface area contributed by atoms with Crippen LogP contribution in [-0.4, -0.2) is 36.5 Å². The minimum absolute atomic E-state index is 0.0107. The van der Waals surface area contributed by atoms with Crippen molar-refractivity contribution < 1.29 is 9.53 Å². The Labute approximate surface area is 124 Å². The van der Waals surface area contributed by atoms with Gasteiger partial charge in [0.05, 0.1) is 25.8 Å². The summed E-state index contributed by atoms with van der Waals surface area (Å²) in [4.78, 5) is 14.4. The molecule has 2 aliphatic heterocycles. The first-order valence-electron chi connectivity index (χ1n) is 7.36. The fourth-order valence-electron chi connectivity index (χ4n) is 2.92. The van der Waals surface area contributed by atoms with Crippen LogP contribution in [0, 0.1) is 11.3 Å². The molecule has 1 N–H and O–H groups in total. The number of nitrogens with one attached hydrogen (secondary N) is 1. The molecule has 0 aliphatic carbocycles. The van der Waals surface area contributed by atoms with E-state index in [4.69, 9.17) is 10.00 Å². The second-order valence-corrected chi connectivity index (χ2v) is 5.66. The topological polar surface area (TPSA) is 65.4 Å². The molecule has 0 bridgehead atoms. The fourth-order valence-corrected chi connectivity index (χ4v) is 2.92. The lowest BCUT2D eigenvalue weighted by atomic mass is 10.0. The number of nitrogens with zero attached hydrogens (tertiary/aromatic N) is 2. The predicted molar refractivity (Wildman–Crippen MR) is 77.5 cm³/mol. The third-order valence-corrected chi connectivity index (χ3v) is 4.20. The van der Waals surface area contributed by atoms with Crippen molar-refractivity contribution in [1.29, 1.82) is 5.26 Å². The molecule has 0 aromatic heterocycles. The zero-order valence-corrected chi connectivity index (χ0v) is 12.0. The highest BCUT2D eigenvalue weighted by Crippen LogP contribution is 2.21. The maximum absolute atomic E-state index is 12.3. The van der Waals surface area contributed by atoms with Crippen LogP contribution < -0.4 is 5.32 Å². The van der Waals surface area contributed by atoms with Gasteiger partial charge in [-0.15, -0.1) is 0 Å². The summed E-state index contributed by atoms with van der Waals surface area (Å²) < 4.78 is 5.37. The Hall–Kier alpha value is -1.90. The molecule has 1 aromatic rings. The molecule has 5 heteroatoms. The number of carbonyl (C=O) groups excluding carboxylic acids is 1. The highest BCUT2D eigenvalue weighted by atomic mass is 16.5. The molecule has 1 aromatic carbocycles. The number of ether oxygens (including phenoxy) is 1.